The number of aryl methyl sites for hydroxylation is 3. The molecule has 4 N–H and O–H groups in total. The number of fused-ring (bicyclic) bond motifs is 2. The maximum Gasteiger partial charge on any atom is 0.389 e. The molecule has 0 saturated carbocycles. The number of carboxylic acid groups (broad SMARTS) is 1. The van der Waals surface area contributed by atoms with Crippen molar-refractivity contribution in [3.8, 4) is 11.5 Å². The van der Waals surface area contributed by atoms with Crippen LogP contribution in [0.25, 0.3) is 22.6 Å². The number of benzene rings is 1. The average Bonchev–Trinajstić information content (AvgIpc) is 3.36. The summed E-state index contributed by atoms with van der Waals surface area (Å²) in [7, 11) is 0. The van der Waals surface area contributed by atoms with Crippen LogP contribution in [0.3, 0.4) is 0 Å². The van der Waals surface area contributed by atoms with Crippen molar-refractivity contribution < 1.29 is 27.9 Å². The number of aliphatic carboxylic acids is 1. The van der Waals surface area contributed by atoms with E-state index in [0.717, 1.165) is 5.56 Å². The molecule has 10 nitrogen and oxygen atoms in total. The van der Waals surface area contributed by atoms with Crippen LogP contribution in [-0.4, -0.2) is 47.9 Å². The highest BCUT2D eigenvalue weighted by atomic mass is 19.4. The van der Waals surface area contributed by atoms with Crippen LogP contribution < -0.4 is 11.1 Å². The lowest BCUT2D eigenvalue weighted by Crippen LogP contribution is -2.33. The van der Waals surface area contributed by atoms with Gasteiger partial charge in [-0.15, -0.1) is 0 Å². The van der Waals surface area contributed by atoms with Gasteiger partial charge in [-0.1, -0.05) is 24.3 Å². The molecule has 0 spiro atoms. The molecule has 208 valence electrons. The summed E-state index contributed by atoms with van der Waals surface area (Å²) in [5.41, 5.74) is 8.40. The Morgan fingerprint density at radius 2 is 1.85 bits per heavy atom. The van der Waals surface area contributed by atoms with Gasteiger partial charge in [0.05, 0.1) is 10.9 Å². The molecule has 5 rings (SSSR count). The number of carbonyl (C=O) groups is 2. The first-order valence-electron chi connectivity index (χ1n) is 12.6. The Bertz CT molecular complexity index is 1630. The summed E-state index contributed by atoms with van der Waals surface area (Å²) >= 11 is 0. The molecule has 1 aromatic carbocycles. The van der Waals surface area contributed by atoms with Crippen LogP contribution in [0.15, 0.2) is 36.4 Å². The van der Waals surface area contributed by atoms with Crippen LogP contribution in [0.5, 0.6) is 0 Å². The zero-order chi connectivity index (χ0) is 28.8. The molecule has 0 unspecified atom stereocenters. The molecule has 4 aromatic rings. The number of nitrogen functional groups attached to an aromatic ring is 1. The number of amides is 1. The van der Waals surface area contributed by atoms with Crippen molar-refractivity contribution >= 4 is 34.5 Å². The third-order valence-electron chi connectivity index (χ3n) is 7.06. The summed E-state index contributed by atoms with van der Waals surface area (Å²) in [5, 5.41) is 16.7. The largest absolute Gasteiger partial charge is 0.481 e. The number of pyridine rings is 1. The number of alkyl halides is 3. The lowest BCUT2D eigenvalue weighted by molar-refractivity contribution is -0.137. The molecular weight excluding hydrogens is 527 g/mol. The predicted octanol–water partition coefficient (Wildman–Crippen LogP) is 4.40. The van der Waals surface area contributed by atoms with Crippen LogP contribution in [0.2, 0.25) is 0 Å². The Morgan fingerprint density at radius 3 is 2.52 bits per heavy atom. The van der Waals surface area contributed by atoms with Crippen molar-refractivity contribution in [2.75, 3.05) is 11.1 Å². The van der Waals surface area contributed by atoms with E-state index >= 15 is 0 Å². The van der Waals surface area contributed by atoms with E-state index in [9.17, 15) is 22.8 Å². The number of carboxylic acids is 1. The number of halogens is 3. The Kier molecular flexibility index (Phi) is 6.68. The first-order valence-corrected chi connectivity index (χ1v) is 12.6. The van der Waals surface area contributed by atoms with Gasteiger partial charge >= 0.3 is 12.1 Å². The minimum Gasteiger partial charge on any atom is -0.481 e. The van der Waals surface area contributed by atoms with Crippen LogP contribution >= 0.6 is 0 Å². The zero-order valence-corrected chi connectivity index (χ0v) is 21.7. The summed E-state index contributed by atoms with van der Waals surface area (Å²) < 4.78 is 39.6. The molecule has 3 aromatic heterocycles. The van der Waals surface area contributed by atoms with Gasteiger partial charge in [0, 0.05) is 25.1 Å². The molecule has 0 radical (unpaired) electrons. The molecule has 40 heavy (non-hydrogen) atoms. The second-order valence-electron chi connectivity index (χ2n) is 9.94. The normalized spacial score (nSPS) is 16.8. The van der Waals surface area contributed by atoms with Crippen molar-refractivity contribution in [1.29, 1.82) is 0 Å². The molecule has 4 heterocycles. The highest BCUT2D eigenvalue weighted by Crippen LogP contribution is 2.45. The fourth-order valence-corrected chi connectivity index (χ4v) is 4.94. The third kappa shape index (κ3) is 4.94. The molecule has 1 atom stereocenters. The monoisotopic (exact) mass is 553 g/mol. The van der Waals surface area contributed by atoms with E-state index in [-0.39, 0.29) is 48.4 Å². The van der Waals surface area contributed by atoms with Crippen molar-refractivity contribution in [2.45, 2.75) is 57.7 Å². The summed E-state index contributed by atoms with van der Waals surface area (Å²) in [5.74, 6) is -0.889. The number of anilines is 2. The Morgan fingerprint density at radius 1 is 1.12 bits per heavy atom. The average molecular weight is 554 g/mol. The van der Waals surface area contributed by atoms with E-state index in [1.54, 1.807) is 50.2 Å². The first kappa shape index (κ1) is 27.0. The van der Waals surface area contributed by atoms with Crippen LogP contribution in [0.1, 0.15) is 48.6 Å². The summed E-state index contributed by atoms with van der Waals surface area (Å²) in [6.45, 7) is 3.46. The molecule has 1 amide bonds. The van der Waals surface area contributed by atoms with E-state index in [4.69, 9.17) is 10.8 Å². The number of hydrogen-bond acceptors (Lipinski definition) is 7. The molecule has 0 fully saturated rings. The van der Waals surface area contributed by atoms with Gasteiger partial charge in [0.15, 0.2) is 11.5 Å². The maximum absolute atomic E-state index is 13.3. The number of carbonyl (C=O) groups excluding carboxylic acids is 1. The molecule has 1 aliphatic rings. The van der Waals surface area contributed by atoms with Gasteiger partial charge < -0.3 is 16.2 Å². The minimum absolute atomic E-state index is 0.00857. The molecule has 0 bridgehead atoms. The van der Waals surface area contributed by atoms with Crippen molar-refractivity contribution in [3.05, 3.63) is 58.8 Å². The topological polar surface area (TPSA) is 149 Å². The number of rotatable bonds is 8. The summed E-state index contributed by atoms with van der Waals surface area (Å²) in [4.78, 5) is 37.7. The van der Waals surface area contributed by atoms with E-state index in [1.807, 2.05) is 0 Å². The number of hydrogen-bond donors (Lipinski definition) is 3. The summed E-state index contributed by atoms with van der Waals surface area (Å²) in [6, 6.07) is 10.6. The van der Waals surface area contributed by atoms with Gasteiger partial charge in [-0.2, -0.15) is 18.3 Å². The first-order chi connectivity index (χ1) is 18.9. The molecule has 0 saturated heterocycles. The third-order valence-corrected chi connectivity index (χ3v) is 7.06. The highest BCUT2D eigenvalue weighted by molar-refractivity contribution is 6.09. The molecular formula is C27H26F3N7O3. The number of nitrogens with zero attached hydrogens (tertiary/aromatic N) is 5. The Hall–Kier alpha value is -4.55. The van der Waals surface area contributed by atoms with E-state index in [2.05, 4.69) is 25.4 Å². The lowest BCUT2D eigenvalue weighted by Gasteiger charge is -2.23. The molecule has 1 aliphatic heterocycles. The SMILES string of the molecule is Cc1ccc2c(-c3nc(N)c4c(n3)NC(=O)[C@]4(C)c3ccc(CCC(=O)O)cc3)nn(CCCC(F)(F)F)c2n1. The molecule has 13 heteroatoms. The number of nitrogens with one attached hydrogen (secondary N) is 1. The Labute approximate surface area is 226 Å². The lowest BCUT2D eigenvalue weighted by atomic mass is 9.77. The van der Waals surface area contributed by atoms with E-state index in [1.165, 1.54) is 4.68 Å². The highest BCUT2D eigenvalue weighted by Gasteiger charge is 2.47. The van der Waals surface area contributed by atoms with Gasteiger partial charge in [0.2, 0.25) is 5.91 Å². The van der Waals surface area contributed by atoms with Crippen LogP contribution in [0.4, 0.5) is 24.8 Å². The standard InChI is InChI=1S/C27H26F3N7O3/c1-14-4-10-17-20(36-37(24(17)32-14)13-3-12-27(28,29)30)23-33-21(31)19-22(34-23)35-25(40)26(19,2)16-8-5-15(6-9-16)7-11-18(38)39/h4-6,8-10H,3,7,11-13H2,1-2H3,(H,38,39)(H3,31,33,34,35,40)/t26-/m1/s1. The van der Waals surface area contributed by atoms with Gasteiger partial charge in [-0.05, 0) is 49.9 Å². The van der Waals surface area contributed by atoms with Gasteiger partial charge in [-0.3, -0.25) is 9.59 Å². The predicted molar refractivity (Wildman–Crippen MR) is 140 cm³/mol. The van der Waals surface area contributed by atoms with Crippen molar-refractivity contribution in [3.63, 3.8) is 0 Å². The van der Waals surface area contributed by atoms with Crippen molar-refractivity contribution in [1.82, 2.24) is 24.7 Å². The van der Waals surface area contributed by atoms with Gasteiger partial charge in [0.25, 0.3) is 0 Å². The van der Waals surface area contributed by atoms with Crippen LogP contribution in [0, 0.1) is 6.92 Å². The zero-order valence-electron chi connectivity index (χ0n) is 21.7. The maximum atomic E-state index is 13.3. The fraction of sp³-hybridized carbons (Fsp3) is 0.333. The second-order valence-corrected chi connectivity index (χ2v) is 9.94. The Balaban J connectivity index is 1.52. The van der Waals surface area contributed by atoms with E-state index < -0.39 is 24.0 Å². The van der Waals surface area contributed by atoms with Crippen LogP contribution in [-0.2, 0) is 28.0 Å². The number of aromatic nitrogens is 5. The van der Waals surface area contributed by atoms with E-state index in [0.29, 0.717) is 34.3 Å². The van der Waals surface area contributed by atoms with Gasteiger partial charge in [-0.25, -0.2) is 19.6 Å². The smallest absolute Gasteiger partial charge is 0.389 e. The quantitative estimate of drug-likeness (QED) is 0.291. The second kappa shape index (κ2) is 9.88. The molecule has 0 aliphatic carbocycles. The minimum atomic E-state index is -4.28. The summed E-state index contributed by atoms with van der Waals surface area (Å²) in [6.07, 6.45) is -5.06. The number of nitrogens with two attached hydrogens (primary N) is 1. The van der Waals surface area contributed by atoms with Crippen molar-refractivity contribution in [2.24, 2.45) is 0 Å². The fourth-order valence-electron chi connectivity index (χ4n) is 4.94. The van der Waals surface area contributed by atoms with Gasteiger partial charge in [0.1, 0.15) is 22.7 Å².